The summed E-state index contributed by atoms with van der Waals surface area (Å²) in [6, 6.07) is 25.4. The molecule has 1 unspecified atom stereocenters. The molecule has 0 aliphatic heterocycles. The van der Waals surface area contributed by atoms with Crippen molar-refractivity contribution in [2.75, 3.05) is 13.3 Å². The van der Waals surface area contributed by atoms with E-state index in [1.807, 2.05) is 41.1 Å². The molecule has 0 saturated carbocycles. The molecule has 9 heteroatoms. The third-order valence-electron chi connectivity index (χ3n) is 6.27. The highest BCUT2D eigenvalue weighted by Crippen LogP contribution is 2.37. The van der Waals surface area contributed by atoms with E-state index in [0.29, 0.717) is 16.5 Å². The van der Waals surface area contributed by atoms with Crippen LogP contribution >= 0.6 is 34.3 Å². The van der Waals surface area contributed by atoms with Crippen molar-refractivity contribution in [1.82, 2.24) is 14.7 Å². The maximum absolute atomic E-state index is 12.1. The third-order valence-corrected chi connectivity index (χ3v) is 9.90. The number of halogens is 1. The van der Waals surface area contributed by atoms with Gasteiger partial charge in [0, 0.05) is 28.6 Å². The van der Waals surface area contributed by atoms with Crippen LogP contribution in [0.5, 0.6) is 0 Å². The van der Waals surface area contributed by atoms with Gasteiger partial charge in [-0.3, -0.25) is 4.90 Å². The van der Waals surface area contributed by atoms with Crippen LogP contribution in [0, 0.1) is 0 Å². The molecule has 0 saturated heterocycles. The summed E-state index contributed by atoms with van der Waals surface area (Å²) in [5.74, 6) is 0. The minimum atomic E-state index is -3.29. The zero-order chi connectivity index (χ0) is 26.2. The van der Waals surface area contributed by atoms with Gasteiger partial charge in [0.1, 0.15) is 0 Å². The van der Waals surface area contributed by atoms with E-state index in [1.165, 1.54) is 11.1 Å². The minimum Gasteiger partial charge on any atom is -0.293 e. The normalized spacial score (nSPS) is 12.8. The number of sulfone groups is 1. The second-order valence-electron chi connectivity index (χ2n) is 8.95. The zero-order valence-electron chi connectivity index (χ0n) is 20.6. The third kappa shape index (κ3) is 5.58. The lowest BCUT2D eigenvalue weighted by molar-refractivity contribution is 0.253. The van der Waals surface area contributed by atoms with Crippen LogP contribution < -0.4 is 0 Å². The molecule has 5 rings (SSSR count). The van der Waals surface area contributed by atoms with Crippen molar-refractivity contribution in [2.45, 2.75) is 24.4 Å². The number of aromatic nitrogens is 2. The number of para-hydroxylation sites is 1. The predicted molar refractivity (Wildman–Crippen MR) is 155 cm³/mol. The van der Waals surface area contributed by atoms with Gasteiger partial charge in [-0.1, -0.05) is 41.9 Å². The minimum absolute atomic E-state index is 0.268. The number of nitrogens with zero attached hydrogens (tertiary/aromatic N) is 3. The number of thiophene rings is 2. The Morgan fingerprint density at radius 2 is 1.78 bits per heavy atom. The average molecular weight is 568 g/mol. The van der Waals surface area contributed by atoms with Crippen LogP contribution in [0.3, 0.4) is 0 Å². The molecule has 3 heterocycles. The summed E-state index contributed by atoms with van der Waals surface area (Å²) < 4.78 is 26.0. The summed E-state index contributed by atoms with van der Waals surface area (Å²) in [7, 11) is -1.18. The molecule has 0 aliphatic rings. The molecule has 2 aromatic carbocycles. The summed E-state index contributed by atoms with van der Waals surface area (Å²) in [5, 5.41) is 7.69. The molecule has 0 N–H and O–H groups in total. The molecule has 0 fully saturated rings. The van der Waals surface area contributed by atoms with Gasteiger partial charge in [0.15, 0.2) is 9.84 Å². The molecule has 37 heavy (non-hydrogen) atoms. The zero-order valence-corrected chi connectivity index (χ0v) is 23.8. The van der Waals surface area contributed by atoms with Crippen LogP contribution in [0.2, 0.25) is 5.02 Å². The van der Waals surface area contributed by atoms with Gasteiger partial charge in [-0.25, -0.2) is 13.1 Å². The van der Waals surface area contributed by atoms with Crippen molar-refractivity contribution >= 4 is 44.1 Å². The molecule has 1 atom stereocenters. The Morgan fingerprint density at radius 1 is 1.00 bits per heavy atom. The van der Waals surface area contributed by atoms with E-state index in [4.69, 9.17) is 16.7 Å². The molecule has 0 aliphatic carbocycles. The van der Waals surface area contributed by atoms with E-state index in [1.54, 1.807) is 40.9 Å². The standard InChI is InChI=1S/C28H26ClN3O2S3/c1-19(26-12-7-15-35-26)31(2)18-21-17-25(32(30-21)24-11-5-4-10-23(24)29)28-14-13-27(36-28)20-8-6-9-22(16-20)37(3,33)34/h4-17,19H,18H2,1-3H3. The molecule has 0 radical (unpaired) electrons. The van der Waals surface area contributed by atoms with Crippen LogP contribution in [0.15, 0.2) is 89.1 Å². The van der Waals surface area contributed by atoms with Crippen LogP contribution in [-0.2, 0) is 16.4 Å². The Labute approximate surface area is 230 Å². The van der Waals surface area contributed by atoms with E-state index >= 15 is 0 Å². The van der Waals surface area contributed by atoms with Crippen molar-refractivity contribution in [3.63, 3.8) is 0 Å². The highest BCUT2D eigenvalue weighted by Gasteiger charge is 2.19. The second kappa shape index (κ2) is 10.6. The van der Waals surface area contributed by atoms with Crippen LogP contribution in [0.4, 0.5) is 0 Å². The largest absolute Gasteiger partial charge is 0.293 e. The van der Waals surface area contributed by atoms with Crippen LogP contribution in [0.25, 0.3) is 26.7 Å². The molecule has 190 valence electrons. The Hall–Kier alpha value is -2.75. The van der Waals surface area contributed by atoms with Crippen molar-refractivity contribution < 1.29 is 8.42 Å². The number of hydrogen-bond donors (Lipinski definition) is 0. The van der Waals surface area contributed by atoms with Crippen molar-refractivity contribution in [3.8, 4) is 26.7 Å². The first-order chi connectivity index (χ1) is 17.7. The molecule has 5 nitrogen and oxygen atoms in total. The number of hydrogen-bond acceptors (Lipinski definition) is 6. The molecule has 3 aromatic heterocycles. The van der Waals surface area contributed by atoms with E-state index in [9.17, 15) is 8.42 Å². The number of benzene rings is 2. The van der Waals surface area contributed by atoms with Gasteiger partial charge < -0.3 is 0 Å². The monoisotopic (exact) mass is 567 g/mol. The Bertz CT molecular complexity index is 1640. The van der Waals surface area contributed by atoms with Gasteiger partial charge in [0.25, 0.3) is 0 Å². The van der Waals surface area contributed by atoms with Gasteiger partial charge in [0.05, 0.1) is 31.9 Å². The Kier molecular flexibility index (Phi) is 7.38. The van der Waals surface area contributed by atoms with Gasteiger partial charge in [-0.05, 0) is 73.4 Å². The second-order valence-corrected chi connectivity index (χ2v) is 13.4. The van der Waals surface area contributed by atoms with Crippen molar-refractivity contribution in [2.24, 2.45) is 0 Å². The molecule has 0 bridgehead atoms. The maximum Gasteiger partial charge on any atom is 0.175 e. The fourth-order valence-electron chi connectivity index (χ4n) is 4.14. The summed E-state index contributed by atoms with van der Waals surface area (Å²) in [6.07, 6.45) is 1.23. The van der Waals surface area contributed by atoms with Crippen molar-refractivity contribution in [3.05, 3.63) is 99.8 Å². The summed E-state index contributed by atoms with van der Waals surface area (Å²) in [6.45, 7) is 2.88. The highest BCUT2D eigenvalue weighted by atomic mass is 35.5. The summed E-state index contributed by atoms with van der Waals surface area (Å²) >= 11 is 9.94. The first-order valence-corrected chi connectivity index (χ1v) is 15.7. The quantitative estimate of drug-likeness (QED) is 0.194. The molecule has 5 aromatic rings. The SMILES string of the molecule is CC(c1cccs1)N(C)Cc1cc(-c2ccc(-c3cccc(S(C)(=O)=O)c3)s2)n(-c2ccccc2Cl)n1. The van der Waals surface area contributed by atoms with Gasteiger partial charge in [0.2, 0.25) is 0 Å². The smallest absolute Gasteiger partial charge is 0.175 e. The van der Waals surface area contributed by atoms with Gasteiger partial charge >= 0.3 is 0 Å². The maximum atomic E-state index is 12.1. The molecule has 0 amide bonds. The van der Waals surface area contributed by atoms with Crippen LogP contribution in [-0.4, -0.2) is 36.4 Å². The fourth-order valence-corrected chi connectivity index (χ4v) is 6.87. The van der Waals surface area contributed by atoms with E-state index < -0.39 is 9.84 Å². The molecule has 0 spiro atoms. The lowest BCUT2D eigenvalue weighted by Gasteiger charge is -2.22. The van der Waals surface area contributed by atoms with E-state index in [0.717, 1.165) is 32.4 Å². The van der Waals surface area contributed by atoms with E-state index in [-0.39, 0.29) is 6.04 Å². The van der Waals surface area contributed by atoms with Crippen molar-refractivity contribution in [1.29, 1.82) is 0 Å². The molecular formula is C28H26ClN3O2S3. The summed E-state index contributed by atoms with van der Waals surface area (Å²) in [4.78, 5) is 5.91. The Morgan fingerprint density at radius 3 is 2.51 bits per heavy atom. The van der Waals surface area contributed by atoms with Crippen LogP contribution in [0.1, 0.15) is 23.5 Å². The predicted octanol–water partition coefficient (Wildman–Crippen LogP) is 7.58. The average Bonchev–Trinajstić information content (AvgIpc) is 3.64. The first kappa shape index (κ1) is 25.9. The van der Waals surface area contributed by atoms with E-state index in [2.05, 4.69) is 48.5 Å². The lowest BCUT2D eigenvalue weighted by atomic mass is 10.2. The van der Waals surface area contributed by atoms with Gasteiger partial charge in [-0.2, -0.15) is 5.10 Å². The Balaban J connectivity index is 1.53. The fraction of sp³-hybridized carbons (Fsp3) is 0.179. The first-order valence-electron chi connectivity index (χ1n) is 11.7. The van der Waals surface area contributed by atoms with Gasteiger partial charge in [-0.15, -0.1) is 22.7 Å². The molecular weight excluding hydrogens is 542 g/mol. The highest BCUT2D eigenvalue weighted by molar-refractivity contribution is 7.90. The topological polar surface area (TPSA) is 55.2 Å². The lowest BCUT2D eigenvalue weighted by Crippen LogP contribution is -2.21. The number of rotatable bonds is 8. The summed E-state index contributed by atoms with van der Waals surface area (Å²) in [5.41, 5.74) is 3.56.